The number of hydrogen-bond acceptors (Lipinski definition) is 3. The molecule has 1 aliphatic heterocycles. The van der Waals surface area contributed by atoms with Crippen LogP contribution in [-0.4, -0.2) is 48.9 Å². The van der Waals surface area contributed by atoms with Crippen LogP contribution in [0.2, 0.25) is 0 Å². The highest BCUT2D eigenvalue weighted by Gasteiger charge is 2.32. The number of piperidine rings is 1. The molecule has 1 saturated heterocycles. The lowest BCUT2D eigenvalue weighted by Crippen LogP contribution is -2.51. The van der Waals surface area contributed by atoms with E-state index in [0.717, 1.165) is 57.6 Å². The zero-order valence-electron chi connectivity index (χ0n) is 14.4. The van der Waals surface area contributed by atoms with Crippen LogP contribution in [0.15, 0.2) is 30.3 Å². The summed E-state index contributed by atoms with van der Waals surface area (Å²) in [4.78, 5) is 14.4. The summed E-state index contributed by atoms with van der Waals surface area (Å²) >= 11 is 0. The fourth-order valence-corrected chi connectivity index (χ4v) is 3.62. The predicted octanol–water partition coefficient (Wildman–Crippen LogP) is 3.20. The summed E-state index contributed by atoms with van der Waals surface area (Å²) in [5, 5.41) is 3.19. The van der Waals surface area contributed by atoms with Crippen LogP contribution in [0.4, 0.5) is 4.79 Å². The lowest BCUT2D eigenvalue weighted by Gasteiger charge is -2.33. The molecule has 5 heteroatoms. The van der Waals surface area contributed by atoms with E-state index in [9.17, 15) is 4.79 Å². The van der Waals surface area contributed by atoms with Crippen molar-refractivity contribution in [2.75, 3.05) is 19.7 Å². The van der Waals surface area contributed by atoms with Crippen molar-refractivity contribution in [1.82, 2.24) is 10.2 Å². The molecule has 1 heterocycles. The van der Waals surface area contributed by atoms with Gasteiger partial charge in [0.05, 0.1) is 12.1 Å². The molecule has 2 fully saturated rings. The number of urea groups is 1. The molecule has 0 unspecified atom stereocenters. The minimum atomic E-state index is 0.0403. The number of amides is 2. The molecule has 0 spiro atoms. The second kappa shape index (κ2) is 8.38. The molecule has 1 saturated carbocycles. The topological polar surface area (TPSA) is 50.8 Å². The van der Waals surface area contributed by atoms with Crippen molar-refractivity contribution in [1.29, 1.82) is 0 Å². The summed E-state index contributed by atoms with van der Waals surface area (Å²) in [5.41, 5.74) is 0. The Morgan fingerprint density at radius 2 is 1.92 bits per heavy atom. The van der Waals surface area contributed by atoms with Gasteiger partial charge in [-0.15, -0.1) is 0 Å². The fourth-order valence-electron chi connectivity index (χ4n) is 3.62. The quantitative estimate of drug-likeness (QED) is 0.901. The summed E-state index contributed by atoms with van der Waals surface area (Å²) in [6, 6.07) is 10.00. The van der Waals surface area contributed by atoms with E-state index >= 15 is 0 Å². The summed E-state index contributed by atoms with van der Waals surface area (Å²) in [5.74, 6) is 0.876. The Morgan fingerprint density at radius 1 is 1.17 bits per heavy atom. The second-order valence-electron chi connectivity index (χ2n) is 6.60. The van der Waals surface area contributed by atoms with Gasteiger partial charge in [-0.3, -0.25) is 0 Å². The van der Waals surface area contributed by atoms with Crippen molar-refractivity contribution < 1.29 is 14.3 Å². The number of benzene rings is 1. The van der Waals surface area contributed by atoms with Crippen LogP contribution < -0.4 is 10.1 Å². The number of nitrogens with zero attached hydrogens (tertiary/aromatic N) is 1. The molecule has 24 heavy (non-hydrogen) atoms. The number of nitrogens with one attached hydrogen (secondary N) is 1. The molecule has 2 atom stereocenters. The Labute approximate surface area is 144 Å². The Hall–Kier alpha value is -1.75. The average Bonchev–Trinajstić information content (AvgIpc) is 3.03. The van der Waals surface area contributed by atoms with Gasteiger partial charge in [-0.05, 0) is 51.2 Å². The Morgan fingerprint density at radius 3 is 2.62 bits per heavy atom. The van der Waals surface area contributed by atoms with Crippen molar-refractivity contribution in [2.24, 2.45) is 0 Å². The number of carbonyl (C=O) groups is 1. The lowest BCUT2D eigenvalue weighted by molar-refractivity contribution is 0.0214. The monoisotopic (exact) mass is 332 g/mol. The third kappa shape index (κ3) is 4.41. The number of para-hydroxylation sites is 1. The van der Waals surface area contributed by atoms with Crippen LogP contribution >= 0.6 is 0 Å². The summed E-state index contributed by atoms with van der Waals surface area (Å²) in [6.07, 6.45) is 5.29. The molecule has 1 N–H and O–H groups in total. The molecule has 3 rings (SSSR count). The number of carbonyl (C=O) groups excluding carboxylic acids is 1. The van der Waals surface area contributed by atoms with Crippen LogP contribution in [0.25, 0.3) is 0 Å². The zero-order valence-corrected chi connectivity index (χ0v) is 14.4. The summed E-state index contributed by atoms with van der Waals surface area (Å²) < 4.78 is 11.7. The molecule has 5 nitrogen and oxygen atoms in total. The van der Waals surface area contributed by atoms with E-state index in [1.165, 1.54) is 0 Å². The average molecular weight is 332 g/mol. The number of ether oxygens (including phenoxy) is 2. The maximum atomic E-state index is 12.5. The highest BCUT2D eigenvalue weighted by atomic mass is 16.5. The van der Waals surface area contributed by atoms with Crippen LogP contribution in [0.1, 0.15) is 39.0 Å². The van der Waals surface area contributed by atoms with Crippen molar-refractivity contribution in [2.45, 2.75) is 57.3 Å². The highest BCUT2D eigenvalue weighted by Crippen LogP contribution is 2.25. The number of likely N-dealkylation sites (tertiary alicyclic amines) is 1. The summed E-state index contributed by atoms with van der Waals surface area (Å²) in [7, 11) is 0. The Bertz CT molecular complexity index is 515. The maximum absolute atomic E-state index is 12.5. The normalized spacial score (nSPS) is 24.8. The van der Waals surface area contributed by atoms with Gasteiger partial charge < -0.3 is 19.7 Å². The van der Waals surface area contributed by atoms with E-state index in [1.54, 1.807) is 0 Å². The van der Waals surface area contributed by atoms with Crippen molar-refractivity contribution >= 4 is 6.03 Å². The van der Waals surface area contributed by atoms with Crippen molar-refractivity contribution in [3.05, 3.63) is 30.3 Å². The highest BCUT2D eigenvalue weighted by molar-refractivity contribution is 5.74. The maximum Gasteiger partial charge on any atom is 0.317 e. The standard InChI is InChI=1S/C19H28N2O3/c1-2-23-15-11-13-21(14-12-15)19(22)20-17-9-6-10-18(17)24-16-7-4-3-5-8-16/h3-5,7-8,15,17-18H,2,6,9-14H2,1H3,(H,20,22)/t17-,18-/m0/s1. The molecule has 1 aliphatic carbocycles. The first kappa shape index (κ1) is 17.1. The van der Waals surface area contributed by atoms with Gasteiger partial charge in [-0.1, -0.05) is 18.2 Å². The van der Waals surface area contributed by atoms with E-state index in [1.807, 2.05) is 42.2 Å². The first-order chi connectivity index (χ1) is 11.8. The molecule has 132 valence electrons. The molecule has 0 bridgehead atoms. The molecular weight excluding hydrogens is 304 g/mol. The van der Waals surface area contributed by atoms with Gasteiger partial charge in [0.2, 0.25) is 0 Å². The predicted molar refractivity (Wildman–Crippen MR) is 93.2 cm³/mol. The van der Waals surface area contributed by atoms with Gasteiger partial charge >= 0.3 is 6.03 Å². The van der Waals surface area contributed by atoms with E-state index in [-0.39, 0.29) is 18.2 Å². The molecule has 0 radical (unpaired) electrons. The van der Waals surface area contributed by atoms with E-state index in [2.05, 4.69) is 5.32 Å². The number of hydrogen-bond donors (Lipinski definition) is 1. The SMILES string of the molecule is CCOC1CCN(C(=O)N[C@H]2CCC[C@@H]2Oc2ccccc2)CC1. The molecule has 2 aliphatic rings. The molecule has 2 amide bonds. The largest absolute Gasteiger partial charge is 0.488 e. The second-order valence-corrected chi connectivity index (χ2v) is 6.60. The van der Waals surface area contributed by atoms with Crippen molar-refractivity contribution in [3.63, 3.8) is 0 Å². The molecule has 1 aromatic carbocycles. The molecule has 1 aromatic rings. The minimum absolute atomic E-state index is 0.0403. The van der Waals surface area contributed by atoms with E-state index in [0.29, 0.717) is 6.10 Å². The van der Waals surface area contributed by atoms with Gasteiger partial charge in [0.15, 0.2) is 0 Å². The van der Waals surface area contributed by atoms with Gasteiger partial charge in [-0.2, -0.15) is 0 Å². The molecule has 0 aromatic heterocycles. The van der Waals surface area contributed by atoms with Gasteiger partial charge in [0.25, 0.3) is 0 Å². The van der Waals surface area contributed by atoms with Gasteiger partial charge in [0.1, 0.15) is 11.9 Å². The third-order valence-corrected chi connectivity index (χ3v) is 4.92. The fraction of sp³-hybridized carbons (Fsp3) is 0.632. The Balaban J connectivity index is 1.48. The van der Waals surface area contributed by atoms with Crippen LogP contribution in [0, 0.1) is 0 Å². The van der Waals surface area contributed by atoms with Crippen LogP contribution in [0.3, 0.4) is 0 Å². The minimum Gasteiger partial charge on any atom is -0.488 e. The van der Waals surface area contributed by atoms with Crippen molar-refractivity contribution in [3.8, 4) is 5.75 Å². The smallest absolute Gasteiger partial charge is 0.317 e. The van der Waals surface area contributed by atoms with E-state index in [4.69, 9.17) is 9.47 Å². The lowest BCUT2D eigenvalue weighted by atomic mass is 10.1. The third-order valence-electron chi connectivity index (χ3n) is 4.92. The van der Waals surface area contributed by atoms with Crippen LogP contribution in [-0.2, 0) is 4.74 Å². The van der Waals surface area contributed by atoms with Crippen LogP contribution in [0.5, 0.6) is 5.75 Å². The number of rotatable bonds is 5. The van der Waals surface area contributed by atoms with E-state index < -0.39 is 0 Å². The van der Waals surface area contributed by atoms with Gasteiger partial charge in [0, 0.05) is 19.7 Å². The first-order valence-electron chi connectivity index (χ1n) is 9.15. The first-order valence-corrected chi connectivity index (χ1v) is 9.15. The Kier molecular flexibility index (Phi) is 5.96. The summed E-state index contributed by atoms with van der Waals surface area (Å²) in [6.45, 7) is 4.31. The molecular formula is C19H28N2O3. The zero-order chi connectivity index (χ0) is 16.8. The van der Waals surface area contributed by atoms with Gasteiger partial charge in [-0.25, -0.2) is 4.79 Å².